The Morgan fingerprint density at radius 3 is 2.14 bits per heavy atom. The highest BCUT2D eigenvalue weighted by atomic mass is 15.1. The number of hydrogen-bond donors (Lipinski definition) is 0. The summed E-state index contributed by atoms with van der Waals surface area (Å²) in [4.78, 5) is 2.51. The molecule has 1 spiro atoms. The van der Waals surface area contributed by atoms with Crippen LogP contribution in [0.2, 0.25) is 0 Å². The minimum Gasteiger partial charge on any atom is -0.305 e. The lowest BCUT2D eigenvalue weighted by molar-refractivity contribution is 0.333. The number of fused-ring (bicyclic) bond motifs is 2. The molecule has 0 saturated carbocycles. The van der Waals surface area contributed by atoms with E-state index in [-0.39, 0.29) is 0 Å². The Balaban J connectivity index is 0.000000510. The van der Waals surface area contributed by atoms with E-state index in [2.05, 4.69) is 37.9 Å². The molecule has 1 aromatic rings. The quantitative estimate of drug-likeness (QED) is 0.629. The number of rotatable bonds is 0. The van der Waals surface area contributed by atoms with Crippen LogP contribution in [0.25, 0.3) is 0 Å². The maximum absolute atomic E-state index is 2.51. The molecule has 1 saturated heterocycles. The highest BCUT2D eigenvalue weighted by Gasteiger charge is 2.42. The van der Waals surface area contributed by atoms with E-state index in [0.29, 0.717) is 5.41 Å². The predicted octanol–water partition coefficient (Wildman–Crippen LogP) is 5.27. The van der Waals surface area contributed by atoms with Crippen LogP contribution in [0.5, 0.6) is 0 Å². The van der Waals surface area contributed by atoms with E-state index in [0.717, 1.165) is 0 Å². The topological polar surface area (TPSA) is 3.24 Å². The van der Waals surface area contributed by atoms with Crippen LogP contribution in [0.3, 0.4) is 0 Å². The summed E-state index contributed by atoms with van der Waals surface area (Å²) >= 11 is 0. The van der Waals surface area contributed by atoms with E-state index in [1.54, 1.807) is 11.1 Å². The molecular formula is C20H35N. The molecule has 0 amide bonds. The van der Waals surface area contributed by atoms with Gasteiger partial charge in [0.15, 0.2) is 0 Å². The zero-order valence-corrected chi connectivity index (χ0v) is 15.3. The Morgan fingerprint density at radius 1 is 0.952 bits per heavy atom. The summed E-state index contributed by atoms with van der Waals surface area (Å²) in [5.41, 5.74) is 6.91. The summed E-state index contributed by atoms with van der Waals surface area (Å²) in [5, 5.41) is 0. The third kappa shape index (κ3) is 3.51. The summed E-state index contributed by atoms with van der Waals surface area (Å²) in [6, 6.07) is 4.64. The van der Waals surface area contributed by atoms with Gasteiger partial charge in [-0.1, -0.05) is 39.8 Å². The molecule has 0 N–H and O–H groups in total. The maximum Gasteiger partial charge on any atom is 0.00978 e. The van der Waals surface area contributed by atoms with E-state index in [1.807, 2.05) is 27.7 Å². The average molecular weight is 290 g/mol. The highest BCUT2D eigenvalue weighted by Crippen LogP contribution is 2.45. The number of likely N-dealkylation sites (tertiary alicyclic amines) is 1. The molecule has 0 bridgehead atoms. The van der Waals surface area contributed by atoms with Gasteiger partial charge in [-0.05, 0) is 75.4 Å². The first-order chi connectivity index (χ1) is 10.1. The minimum atomic E-state index is 0.485. The molecule has 0 aromatic heterocycles. The normalized spacial score (nSPS) is 23.8. The smallest absolute Gasteiger partial charge is 0.00978 e. The van der Waals surface area contributed by atoms with E-state index < -0.39 is 0 Å². The molecule has 0 radical (unpaired) electrons. The van der Waals surface area contributed by atoms with Crippen molar-refractivity contribution in [3.8, 4) is 0 Å². The van der Waals surface area contributed by atoms with Crippen LogP contribution >= 0.6 is 0 Å². The van der Waals surface area contributed by atoms with Crippen molar-refractivity contribution in [3.63, 3.8) is 0 Å². The molecule has 1 nitrogen and oxygen atoms in total. The molecule has 120 valence electrons. The van der Waals surface area contributed by atoms with Crippen molar-refractivity contribution in [1.29, 1.82) is 0 Å². The number of benzene rings is 1. The molecule has 1 aliphatic carbocycles. The first kappa shape index (κ1) is 18.2. The number of hydrogen-bond acceptors (Lipinski definition) is 1. The summed E-state index contributed by atoms with van der Waals surface area (Å²) in [6.45, 7) is 15.1. The van der Waals surface area contributed by atoms with E-state index in [1.165, 1.54) is 49.9 Å². The van der Waals surface area contributed by atoms with Gasteiger partial charge in [0.25, 0.3) is 0 Å². The second-order valence-electron chi connectivity index (χ2n) is 6.17. The molecule has 1 aromatic carbocycles. The van der Waals surface area contributed by atoms with Gasteiger partial charge in [0, 0.05) is 12.0 Å². The van der Waals surface area contributed by atoms with Gasteiger partial charge >= 0.3 is 0 Å². The van der Waals surface area contributed by atoms with Crippen LogP contribution in [-0.2, 0) is 11.8 Å². The second-order valence-corrected chi connectivity index (χ2v) is 6.17. The summed E-state index contributed by atoms with van der Waals surface area (Å²) in [5.74, 6) is 0. The summed E-state index contributed by atoms with van der Waals surface area (Å²) in [6.07, 6.45) is 5.44. The van der Waals surface area contributed by atoms with Crippen molar-refractivity contribution in [2.75, 3.05) is 20.1 Å². The molecule has 1 fully saturated rings. The Hall–Kier alpha value is -0.820. The summed E-state index contributed by atoms with van der Waals surface area (Å²) < 4.78 is 0. The fourth-order valence-corrected chi connectivity index (χ4v) is 4.15. The van der Waals surface area contributed by atoms with Gasteiger partial charge in [-0.15, -0.1) is 0 Å². The van der Waals surface area contributed by atoms with Gasteiger partial charge in [-0.2, -0.15) is 0 Å². The fraction of sp³-hybridized carbons (Fsp3) is 0.700. The minimum absolute atomic E-state index is 0.485. The number of likely N-dealkylation sites (N-methyl/N-ethyl adjacent to an activating group) is 1. The summed E-state index contributed by atoms with van der Waals surface area (Å²) in [7, 11) is 2.27. The van der Waals surface area contributed by atoms with Crippen molar-refractivity contribution >= 4 is 0 Å². The Kier molecular flexibility index (Phi) is 6.93. The molecular weight excluding hydrogens is 254 g/mol. The van der Waals surface area contributed by atoms with Crippen LogP contribution in [0.4, 0.5) is 0 Å². The van der Waals surface area contributed by atoms with Gasteiger partial charge in [0.2, 0.25) is 0 Å². The van der Waals surface area contributed by atoms with Crippen LogP contribution in [0.15, 0.2) is 12.1 Å². The van der Waals surface area contributed by atoms with Crippen molar-refractivity contribution in [2.24, 2.45) is 0 Å². The SMILES string of the molecule is CC.CC.Cc1ccc(C)c2c1CCCC21CCN(C)C1. The number of aryl methyl sites for hydroxylation is 2. The molecule has 21 heavy (non-hydrogen) atoms. The van der Waals surface area contributed by atoms with Gasteiger partial charge in [-0.25, -0.2) is 0 Å². The zero-order chi connectivity index (χ0) is 16.0. The third-order valence-electron chi connectivity index (χ3n) is 4.91. The highest BCUT2D eigenvalue weighted by molar-refractivity contribution is 5.47. The van der Waals surface area contributed by atoms with Gasteiger partial charge < -0.3 is 4.90 Å². The fourth-order valence-electron chi connectivity index (χ4n) is 4.15. The Labute approximate surface area is 132 Å². The molecule has 2 aliphatic rings. The first-order valence-electron chi connectivity index (χ1n) is 8.90. The Bertz CT molecular complexity index is 449. The molecule has 1 aliphatic heterocycles. The van der Waals surface area contributed by atoms with E-state index in [4.69, 9.17) is 0 Å². The molecule has 3 rings (SSSR count). The lowest BCUT2D eigenvalue weighted by atomic mass is 9.67. The lowest BCUT2D eigenvalue weighted by Gasteiger charge is -2.38. The monoisotopic (exact) mass is 289 g/mol. The van der Waals surface area contributed by atoms with Gasteiger partial charge in [0.05, 0.1) is 0 Å². The lowest BCUT2D eigenvalue weighted by Crippen LogP contribution is -2.34. The largest absolute Gasteiger partial charge is 0.305 e. The van der Waals surface area contributed by atoms with E-state index >= 15 is 0 Å². The van der Waals surface area contributed by atoms with Crippen LogP contribution in [0.1, 0.15) is 69.2 Å². The van der Waals surface area contributed by atoms with Crippen LogP contribution in [0, 0.1) is 13.8 Å². The maximum atomic E-state index is 2.51. The number of nitrogens with zero attached hydrogens (tertiary/aromatic N) is 1. The predicted molar refractivity (Wildman–Crippen MR) is 95.3 cm³/mol. The standard InChI is InChI=1S/C16H23N.2C2H6/c1-12-6-7-13(2)15-14(12)5-4-8-16(15)9-10-17(3)11-16;2*1-2/h6-7H,4-5,8-11H2,1-3H3;2*1-2H3. The molecule has 1 heteroatoms. The molecule has 1 unspecified atom stereocenters. The zero-order valence-electron chi connectivity index (χ0n) is 15.3. The van der Waals surface area contributed by atoms with Gasteiger partial charge in [0.1, 0.15) is 0 Å². The first-order valence-corrected chi connectivity index (χ1v) is 8.90. The van der Waals surface area contributed by atoms with E-state index in [9.17, 15) is 0 Å². The Morgan fingerprint density at radius 2 is 1.57 bits per heavy atom. The average Bonchev–Trinajstić information content (AvgIpc) is 2.88. The van der Waals surface area contributed by atoms with Crippen LogP contribution in [-0.4, -0.2) is 25.0 Å². The van der Waals surface area contributed by atoms with Gasteiger partial charge in [-0.3, -0.25) is 0 Å². The third-order valence-corrected chi connectivity index (χ3v) is 4.91. The van der Waals surface area contributed by atoms with Crippen molar-refractivity contribution in [2.45, 2.75) is 72.6 Å². The van der Waals surface area contributed by atoms with Crippen LogP contribution < -0.4 is 0 Å². The van der Waals surface area contributed by atoms with Crippen molar-refractivity contribution < 1.29 is 0 Å². The van der Waals surface area contributed by atoms with Crippen molar-refractivity contribution in [1.82, 2.24) is 4.90 Å². The van der Waals surface area contributed by atoms with Crippen molar-refractivity contribution in [3.05, 3.63) is 34.4 Å². The molecule has 1 atom stereocenters. The molecule has 1 heterocycles. The second kappa shape index (κ2) is 7.98.